The fourth-order valence-corrected chi connectivity index (χ4v) is 3.83. The van der Waals surface area contributed by atoms with Crippen LogP contribution >= 0.6 is 0 Å². The number of hydrogen-bond acceptors (Lipinski definition) is 10. The Kier molecular flexibility index (Phi) is 11.2. The summed E-state index contributed by atoms with van der Waals surface area (Å²) >= 11 is 0. The van der Waals surface area contributed by atoms with E-state index >= 15 is 0 Å². The Morgan fingerprint density at radius 3 is 2.31 bits per heavy atom. The molecule has 0 fully saturated rings. The van der Waals surface area contributed by atoms with Gasteiger partial charge in [0.15, 0.2) is 17.7 Å². The SMILES string of the molecule is CNCc1c(F)cc(F)cc1OCCOCCOCCOCCN1CN(C)C(=O)c2c(O)c(=O)c(C=O)cn21. The standard InChI is InChI=1S/C25H32F2N4O8/c1-28-13-19-20(27)11-18(26)12-21(19)39-10-9-38-8-7-37-6-5-36-4-3-30-16-29(2)25(35)22-24(34)23(33)17(15-32)14-31(22)30/h11-12,14-15,28,34H,3-10,13,16H2,1-2H3. The number of fused-ring (bicyclic) bond motifs is 1. The van der Waals surface area contributed by atoms with E-state index in [1.807, 2.05) is 0 Å². The fourth-order valence-electron chi connectivity index (χ4n) is 3.83. The van der Waals surface area contributed by atoms with Crippen LogP contribution in [0.4, 0.5) is 8.78 Å². The molecule has 1 amide bonds. The van der Waals surface area contributed by atoms with Crippen molar-refractivity contribution in [1.29, 1.82) is 0 Å². The highest BCUT2D eigenvalue weighted by atomic mass is 19.1. The summed E-state index contributed by atoms with van der Waals surface area (Å²) in [5.74, 6) is -2.58. The molecule has 0 atom stereocenters. The molecule has 39 heavy (non-hydrogen) atoms. The molecule has 3 rings (SSSR count). The van der Waals surface area contributed by atoms with Crippen LogP contribution in [0.1, 0.15) is 26.4 Å². The van der Waals surface area contributed by atoms with Gasteiger partial charge in [0.2, 0.25) is 5.43 Å². The van der Waals surface area contributed by atoms with E-state index in [1.54, 1.807) is 12.1 Å². The number of aromatic nitrogens is 1. The monoisotopic (exact) mass is 554 g/mol. The van der Waals surface area contributed by atoms with Gasteiger partial charge in [-0.2, -0.15) is 0 Å². The molecular formula is C25H32F2N4O8. The second-order valence-electron chi connectivity index (χ2n) is 8.53. The van der Waals surface area contributed by atoms with Crippen LogP contribution in [-0.2, 0) is 20.8 Å². The zero-order valence-electron chi connectivity index (χ0n) is 21.8. The van der Waals surface area contributed by atoms with Gasteiger partial charge >= 0.3 is 0 Å². The highest BCUT2D eigenvalue weighted by Gasteiger charge is 2.31. The van der Waals surface area contributed by atoms with Gasteiger partial charge in [-0.05, 0) is 7.05 Å². The lowest BCUT2D eigenvalue weighted by Crippen LogP contribution is -2.54. The summed E-state index contributed by atoms with van der Waals surface area (Å²) in [4.78, 5) is 37.0. The predicted octanol–water partition coefficient (Wildman–Crippen LogP) is 0.474. The van der Waals surface area contributed by atoms with Crippen LogP contribution in [0.25, 0.3) is 0 Å². The third kappa shape index (κ3) is 7.72. The second kappa shape index (κ2) is 14.5. The minimum Gasteiger partial charge on any atom is -0.502 e. The molecule has 1 aromatic heterocycles. The summed E-state index contributed by atoms with van der Waals surface area (Å²) in [5.41, 5.74) is -1.13. The minimum atomic E-state index is -0.898. The van der Waals surface area contributed by atoms with E-state index in [4.69, 9.17) is 18.9 Å². The number of nitrogens with one attached hydrogen (secondary N) is 1. The van der Waals surface area contributed by atoms with Crippen molar-refractivity contribution >= 4 is 12.2 Å². The average molecular weight is 555 g/mol. The summed E-state index contributed by atoms with van der Waals surface area (Å²) in [7, 11) is 3.18. The first-order valence-corrected chi connectivity index (χ1v) is 12.2. The van der Waals surface area contributed by atoms with Crippen LogP contribution in [0, 0.1) is 11.6 Å². The first-order valence-electron chi connectivity index (χ1n) is 12.2. The molecule has 2 aromatic rings. The summed E-state index contributed by atoms with van der Waals surface area (Å²) in [5, 5.41) is 14.6. The first kappa shape index (κ1) is 30.0. The number of benzene rings is 1. The number of amides is 1. The average Bonchev–Trinajstić information content (AvgIpc) is 2.90. The van der Waals surface area contributed by atoms with Gasteiger partial charge in [-0.25, -0.2) is 8.78 Å². The summed E-state index contributed by atoms with van der Waals surface area (Å²) in [6, 6.07) is 1.94. The third-order valence-corrected chi connectivity index (χ3v) is 5.74. The maximum Gasteiger partial charge on any atom is 0.277 e. The largest absolute Gasteiger partial charge is 0.502 e. The lowest BCUT2D eigenvalue weighted by atomic mass is 10.2. The van der Waals surface area contributed by atoms with E-state index in [-0.39, 0.29) is 68.8 Å². The van der Waals surface area contributed by atoms with Crippen molar-refractivity contribution in [2.24, 2.45) is 0 Å². The molecule has 0 saturated heterocycles. The van der Waals surface area contributed by atoms with Crippen molar-refractivity contribution in [2.75, 3.05) is 78.6 Å². The van der Waals surface area contributed by atoms with Crippen LogP contribution in [0.15, 0.2) is 23.1 Å². The number of carbonyl (C=O) groups excluding carboxylic acids is 2. The molecule has 12 nitrogen and oxygen atoms in total. The molecule has 0 unspecified atom stereocenters. The van der Waals surface area contributed by atoms with Gasteiger partial charge in [0.25, 0.3) is 5.91 Å². The van der Waals surface area contributed by atoms with Gasteiger partial charge < -0.3 is 34.3 Å². The Morgan fingerprint density at radius 1 is 1.03 bits per heavy atom. The maximum absolute atomic E-state index is 13.9. The van der Waals surface area contributed by atoms with E-state index < -0.39 is 28.7 Å². The smallest absolute Gasteiger partial charge is 0.277 e. The number of nitrogens with zero attached hydrogens (tertiary/aromatic N) is 3. The van der Waals surface area contributed by atoms with Crippen LogP contribution < -0.4 is 20.5 Å². The van der Waals surface area contributed by atoms with E-state index in [1.165, 1.54) is 22.8 Å². The summed E-state index contributed by atoms with van der Waals surface area (Å²) < 4.78 is 50.5. The van der Waals surface area contributed by atoms with Gasteiger partial charge in [0.05, 0.1) is 51.7 Å². The number of carbonyl (C=O) groups is 2. The van der Waals surface area contributed by atoms with Crippen LogP contribution in [0.5, 0.6) is 11.5 Å². The number of hydrogen-bond donors (Lipinski definition) is 2. The quantitative estimate of drug-likeness (QED) is 0.223. The summed E-state index contributed by atoms with van der Waals surface area (Å²) in [6.45, 7) is 2.41. The lowest BCUT2D eigenvalue weighted by molar-refractivity contribution is 0.00952. The molecular weight excluding hydrogens is 522 g/mol. The highest BCUT2D eigenvalue weighted by molar-refractivity contribution is 5.96. The lowest BCUT2D eigenvalue weighted by Gasteiger charge is -2.38. The van der Waals surface area contributed by atoms with Crippen LogP contribution in [-0.4, -0.2) is 100 Å². The van der Waals surface area contributed by atoms with E-state index in [0.29, 0.717) is 26.0 Å². The van der Waals surface area contributed by atoms with Crippen molar-refractivity contribution in [3.63, 3.8) is 0 Å². The molecule has 0 spiro atoms. The van der Waals surface area contributed by atoms with Crippen molar-refractivity contribution in [3.8, 4) is 11.5 Å². The Labute approximate surface area is 223 Å². The van der Waals surface area contributed by atoms with E-state index in [9.17, 15) is 28.3 Å². The van der Waals surface area contributed by atoms with Crippen LogP contribution in [0.3, 0.4) is 0 Å². The third-order valence-electron chi connectivity index (χ3n) is 5.74. The van der Waals surface area contributed by atoms with Crippen molar-refractivity contribution in [2.45, 2.75) is 6.54 Å². The Morgan fingerprint density at radius 2 is 1.67 bits per heavy atom. The highest BCUT2D eigenvalue weighted by Crippen LogP contribution is 2.23. The fraction of sp³-hybridized carbons (Fsp3) is 0.480. The Balaban J connectivity index is 1.31. The van der Waals surface area contributed by atoms with Gasteiger partial charge in [-0.15, -0.1) is 0 Å². The molecule has 14 heteroatoms. The topological polar surface area (TPSA) is 132 Å². The van der Waals surface area contributed by atoms with Crippen molar-refractivity contribution in [1.82, 2.24) is 14.9 Å². The van der Waals surface area contributed by atoms with Gasteiger partial charge in [-0.1, -0.05) is 0 Å². The van der Waals surface area contributed by atoms with E-state index in [0.717, 1.165) is 12.1 Å². The van der Waals surface area contributed by atoms with Crippen molar-refractivity contribution < 1.29 is 42.4 Å². The molecule has 2 N–H and O–H groups in total. The molecule has 2 heterocycles. The number of aromatic hydroxyl groups is 1. The molecule has 0 radical (unpaired) electrons. The van der Waals surface area contributed by atoms with Gasteiger partial charge in [0.1, 0.15) is 30.7 Å². The molecule has 0 aliphatic carbocycles. The molecule has 0 bridgehead atoms. The predicted molar refractivity (Wildman–Crippen MR) is 135 cm³/mol. The minimum absolute atomic E-state index is 0.114. The zero-order chi connectivity index (χ0) is 28.4. The number of aldehydes is 1. The second-order valence-corrected chi connectivity index (χ2v) is 8.53. The molecule has 1 aliphatic heterocycles. The number of rotatable bonds is 16. The molecule has 1 aromatic carbocycles. The first-order chi connectivity index (χ1) is 18.8. The summed E-state index contributed by atoms with van der Waals surface area (Å²) in [6.07, 6.45) is 1.55. The van der Waals surface area contributed by atoms with Crippen molar-refractivity contribution in [3.05, 3.63) is 57.0 Å². The van der Waals surface area contributed by atoms with Gasteiger partial charge in [-0.3, -0.25) is 24.1 Å². The zero-order valence-corrected chi connectivity index (χ0v) is 21.8. The molecule has 0 saturated carbocycles. The number of pyridine rings is 1. The number of ether oxygens (including phenoxy) is 4. The Bertz CT molecular complexity index is 1210. The maximum atomic E-state index is 13.9. The Hall–Kier alpha value is -3.59. The molecule has 214 valence electrons. The van der Waals surface area contributed by atoms with E-state index in [2.05, 4.69) is 5.32 Å². The van der Waals surface area contributed by atoms with Gasteiger partial charge in [0, 0.05) is 37.5 Å². The van der Waals surface area contributed by atoms with Crippen LogP contribution in [0.2, 0.25) is 0 Å². The number of halogens is 2. The molecule has 1 aliphatic rings. The normalized spacial score (nSPS) is 13.1.